The molecule has 5 heteroatoms. The molecule has 1 N–H and O–H groups in total. The molecule has 1 unspecified atom stereocenters. The summed E-state index contributed by atoms with van der Waals surface area (Å²) >= 11 is 5.11. The van der Waals surface area contributed by atoms with Gasteiger partial charge in [-0.05, 0) is 33.8 Å². The summed E-state index contributed by atoms with van der Waals surface area (Å²) in [5.41, 5.74) is 0. The number of aliphatic hydroxyl groups excluding tert-OH is 1. The zero-order valence-electron chi connectivity index (χ0n) is 9.32. The Bertz CT molecular complexity index is 291. The maximum Gasteiger partial charge on any atom is 0.0700 e. The van der Waals surface area contributed by atoms with E-state index in [0.717, 1.165) is 4.47 Å². The maximum absolute atomic E-state index is 9.78. The fourth-order valence-corrected chi connectivity index (χ4v) is 2.84. The Hall–Kier alpha value is 0.0600. The summed E-state index contributed by atoms with van der Waals surface area (Å²) in [5, 5.41) is 11.8. The predicted octanol–water partition coefficient (Wildman–Crippen LogP) is 2.47. The van der Waals surface area contributed by atoms with Crippen molar-refractivity contribution in [3.05, 3.63) is 20.8 Å². The molecule has 0 radical (unpaired) electrons. The Kier molecular flexibility index (Phi) is 7.23. The zero-order valence-corrected chi connectivity index (χ0v) is 11.7. The van der Waals surface area contributed by atoms with Gasteiger partial charge in [0.15, 0.2) is 0 Å². The minimum Gasteiger partial charge on any atom is -0.393 e. The van der Waals surface area contributed by atoms with Crippen molar-refractivity contribution in [3.63, 3.8) is 0 Å². The van der Waals surface area contributed by atoms with Crippen LogP contribution in [0.5, 0.6) is 0 Å². The van der Waals surface area contributed by atoms with Gasteiger partial charge in [-0.15, -0.1) is 11.3 Å². The Balaban J connectivity index is 2.11. The molecule has 16 heavy (non-hydrogen) atoms. The molecule has 0 aliphatic carbocycles. The molecule has 3 nitrogen and oxygen atoms in total. The SMILES string of the molecule is COCCOCCC(O)Cc1sccc1Br. The minimum atomic E-state index is -0.336. The number of methoxy groups -OCH3 is 1. The van der Waals surface area contributed by atoms with Gasteiger partial charge in [0.2, 0.25) is 0 Å². The summed E-state index contributed by atoms with van der Waals surface area (Å²) in [6.07, 6.45) is 1.01. The van der Waals surface area contributed by atoms with Crippen LogP contribution in [0.3, 0.4) is 0 Å². The summed E-state index contributed by atoms with van der Waals surface area (Å²) in [7, 11) is 1.65. The fourth-order valence-electron chi connectivity index (χ4n) is 1.25. The summed E-state index contributed by atoms with van der Waals surface area (Å²) in [6, 6.07) is 2.00. The molecule has 0 aromatic carbocycles. The first kappa shape index (κ1) is 14.1. The highest BCUT2D eigenvalue weighted by Crippen LogP contribution is 2.24. The largest absolute Gasteiger partial charge is 0.393 e. The van der Waals surface area contributed by atoms with Gasteiger partial charge in [0.05, 0.1) is 19.3 Å². The molecule has 0 saturated heterocycles. The van der Waals surface area contributed by atoms with Crippen LogP contribution < -0.4 is 0 Å². The van der Waals surface area contributed by atoms with Crippen LogP contribution in [0.1, 0.15) is 11.3 Å². The van der Waals surface area contributed by atoms with Crippen LogP contribution in [0.2, 0.25) is 0 Å². The molecule has 0 bridgehead atoms. The highest BCUT2D eigenvalue weighted by atomic mass is 79.9. The number of thiophene rings is 1. The van der Waals surface area contributed by atoms with Gasteiger partial charge < -0.3 is 14.6 Å². The van der Waals surface area contributed by atoms with Gasteiger partial charge in [0.25, 0.3) is 0 Å². The van der Waals surface area contributed by atoms with Crippen molar-refractivity contribution in [2.75, 3.05) is 26.9 Å². The van der Waals surface area contributed by atoms with Gasteiger partial charge in [-0.1, -0.05) is 0 Å². The van der Waals surface area contributed by atoms with E-state index in [9.17, 15) is 5.11 Å². The molecule has 0 amide bonds. The second kappa shape index (κ2) is 8.20. The molecule has 0 spiro atoms. The van der Waals surface area contributed by atoms with Crippen molar-refractivity contribution in [1.82, 2.24) is 0 Å². The van der Waals surface area contributed by atoms with Crippen molar-refractivity contribution in [2.45, 2.75) is 18.9 Å². The van der Waals surface area contributed by atoms with Gasteiger partial charge in [-0.2, -0.15) is 0 Å². The zero-order chi connectivity index (χ0) is 11.8. The van der Waals surface area contributed by atoms with Crippen LogP contribution in [0, 0.1) is 0 Å². The van der Waals surface area contributed by atoms with Crippen LogP contribution >= 0.6 is 27.3 Å². The fraction of sp³-hybridized carbons (Fsp3) is 0.636. The van der Waals surface area contributed by atoms with E-state index in [1.807, 2.05) is 11.4 Å². The third kappa shape index (κ3) is 5.41. The molecule has 0 fully saturated rings. The molecular weight excluding hydrogens is 292 g/mol. The normalized spacial score (nSPS) is 12.9. The molecule has 1 aromatic rings. The average Bonchev–Trinajstić information content (AvgIpc) is 2.64. The van der Waals surface area contributed by atoms with Crippen molar-refractivity contribution in [2.24, 2.45) is 0 Å². The van der Waals surface area contributed by atoms with E-state index in [-0.39, 0.29) is 6.10 Å². The molecule has 1 aromatic heterocycles. The lowest BCUT2D eigenvalue weighted by Crippen LogP contribution is -2.14. The van der Waals surface area contributed by atoms with Crippen molar-refractivity contribution in [1.29, 1.82) is 0 Å². The van der Waals surface area contributed by atoms with Crippen LogP contribution in [0.15, 0.2) is 15.9 Å². The second-order valence-electron chi connectivity index (χ2n) is 3.44. The third-order valence-electron chi connectivity index (χ3n) is 2.14. The van der Waals surface area contributed by atoms with Gasteiger partial charge in [0, 0.05) is 29.5 Å². The second-order valence-corrected chi connectivity index (χ2v) is 5.30. The van der Waals surface area contributed by atoms with E-state index in [1.54, 1.807) is 18.4 Å². The van der Waals surface area contributed by atoms with Crippen molar-refractivity contribution in [3.8, 4) is 0 Å². The van der Waals surface area contributed by atoms with E-state index in [2.05, 4.69) is 15.9 Å². The number of rotatable bonds is 8. The van der Waals surface area contributed by atoms with Gasteiger partial charge in [0.1, 0.15) is 0 Å². The monoisotopic (exact) mass is 308 g/mol. The van der Waals surface area contributed by atoms with E-state index >= 15 is 0 Å². The Morgan fingerprint density at radius 2 is 2.25 bits per heavy atom. The summed E-state index contributed by atoms with van der Waals surface area (Å²) < 4.78 is 11.2. The molecule has 1 atom stereocenters. The Labute approximate surface area is 109 Å². The van der Waals surface area contributed by atoms with E-state index in [1.165, 1.54) is 4.88 Å². The van der Waals surface area contributed by atoms with E-state index in [0.29, 0.717) is 32.7 Å². The smallest absolute Gasteiger partial charge is 0.0700 e. The maximum atomic E-state index is 9.78. The molecular formula is C11H17BrO3S. The highest BCUT2D eigenvalue weighted by Gasteiger charge is 2.09. The standard InChI is InChI=1S/C11H17BrO3S/c1-14-5-6-15-4-2-9(13)8-11-10(12)3-7-16-11/h3,7,9,13H,2,4-6,8H2,1H3. The third-order valence-corrected chi connectivity index (χ3v) is 4.09. The van der Waals surface area contributed by atoms with Crippen molar-refractivity contribution >= 4 is 27.3 Å². The molecule has 1 rings (SSSR count). The van der Waals surface area contributed by atoms with Gasteiger partial charge in [-0.25, -0.2) is 0 Å². The van der Waals surface area contributed by atoms with Crippen LogP contribution in [-0.2, 0) is 15.9 Å². The lowest BCUT2D eigenvalue weighted by atomic mass is 10.2. The molecule has 1 heterocycles. The first-order chi connectivity index (χ1) is 7.74. The highest BCUT2D eigenvalue weighted by molar-refractivity contribution is 9.10. The predicted molar refractivity (Wildman–Crippen MR) is 69.0 cm³/mol. The first-order valence-corrected chi connectivity index (χ1v) is 6.88. The molecule has 0 aliphatic heterocycles. The average molecular weight is 309 g/mol. The molecule has 0 aliphatic rings. The number of hydrogen-bond donors (Lipinski definition) is 1. The minimum absolute atomic E-state index is 0.336. The quantitative estimate of drug-likeness (QED) is 0.750. The van der Waals surface area contributed by atoms with Gasteiger partial charge in [-0.3, -0.25) is 0 Å². The lowest BCUT2D eigenvalue weighted by Gasteiger charge is -2.10. The van der Waals surface area contributed by atoms with Crippen LogP contribution in [0.25, 0.3) is 0 Å². The number of hydrogen-bond acceptors (Lipinski definition) is 4. The van der Waals surface area contributed by atoms with E-state index < -0.39 is 0 Å². The summed E-state index contributed by atoms with van der Waals surface area (Å²) in [4.78, 5) is 1.18. The lowest BCUT2D eigenvalue weighted by molar-refractivity contribution is 0.0480. The Morgan fingerprint density at radius 3 is 2.88 bits per heavy atom. The first-order valence-electron chi connectivity index (χ1n) is 5.20. The van der Waals surface area contributed by atoms with Crippen LogP contribution in [0.4, 0.5) is 0 Å². The van der Waals surface area contributed by atoms with Crippen LogP contribution in [-0.4, -0.2) is 38.1 Å². The Morgan fingerprint density at radius 1 is 1.44 bits per heavy atom. The molecule has 0 saturated carbocycles. The topological polar surface area (TPSA) is 38.7 Å². The van der Waals surface area contributed by atoms with E-state index in [4.69, 9.17) is 9.47 Å². The van der Waals surface area contributed by atoms with Crippen molar-refractivity contribution < 1.29 is 14.6 Å². The molecule has 92 valence electrons. The number of halogens is 1. The summed E-state index contributed by atoms with van der Waals surface area (Å²) in [5.74, 6) is 0. The van der Waals surface area contributed by atoms with Gasteiger partial charge >= 0.3 is 0 Å². The number of aliphatic hydroxyl groups is 1. The number of ether oxygens (including phenoxy) is 2. The summed E-state index contributed by atoms with van der Waals surface area (Å²) in [6.45, 7) is 1.77.